The van der Waals surface area contributed by atoms with Crippen LogP contribution >= 0.6 is 11.6 Å². The quantitative estimate of drug-likeness (QED) is 0.364. The van der Waals surface area contributed by atoms with Crippen LogP contribution < -0.4 is 15.4 Å². The lowest BCUT2D eigenvalue weighted by atomic mass is 10.1. The predicted octanol–water partition coefficient (Wildman–Crippen LogP) is 5.14. The number of hydrogen-bond donors (Lipinski definition) is 2. The fraction of sp³-hybridized carbons (Fsp3) is 0.259. The lowest BCUT2D eigenvalue weighted by Gasteiger charge is -2.12. The van der Waals surface area contributed by atoms with E-state index in [0.29, 0.717) is 28.7 Å². The van der Waals surface area contributed by atoms with E-state index in [-0.39, 0.29) is 17.7 Å². The number of rotatable bonds is 7. The number of fused-ring (bicyclic) bond motifs is 1. The molecule has 1 aliphatic rings. The third-order valence-electron chi connectivity index (χ3n) is 6.50. The van der Waals surface area contributed by atoms with Gasteiger partial charge in [-0.3, -0.25) is 9.59 Å². The van der Waals surface area contributed by atoms with Crippen LogP contribution in [0.5, 0.6) is 5.88 Å². The molecular formula is C27H26ClN5O3. The van der Waals surface area contributed by atoms with Crippen LogP contribution in [0.2, 0.25) is 5.02 Å². The van der Waals surface area contributed by atoms with Crippen molar-refractivity contribution in [3.8, 4) is 11.6 Å². The second kappa shape index (κ2) is 10.4. The molecule has 2 N–H and O–H groups in total. The Bertz CT molecular complexity index is 1430. The largest absolute Gasteiger partial charge is 0.481 e. The normalized spacial score (nSPS) is 13.6. The first kappa shape index (κ1) is 23.8. The highest BCUT2D eigenvalue weighted by Crippen LogP contribution is 2.28. The van der Waals surface area contributed by atoms with Gasteiger partial charge in [0.05, 0.1) is 40.8 Å². The Morgan fingerprint density at radius 2 is 1.97 bits per heavy atom. The topological polar surface area (TPSA) is 98.1 Å². The summed E-state index contributed by atoms with van der Waals surface area (Å²) in [5.74, 6) is 0.308. The van der Waals surface area contributed by atoms with Gasteiger partial charge < -0.3 is 15.4 Å². The van der Waals surface area contributed by atoms with Crippen molar-refractivity contribution in [1.82, 2.24) is 20.1 Å². The Kier molecular flexibility index (Phi) is 6.86. The van der Waals surface area contributed by atoms with Crippen LogP contribution in [0.1, 0.15) is 41.6 Å². The zero-order chi connectivity index (χ0) is 25.1. The molecule has 0 atom stereocenters. The molecule has 2 aromatic carbocycles. The predicted molar refractivity (Wildman–Crippen MR) is 139 cm³/mol. The molecule has 0 radical (unpaired) electrons. The second-order valence-electron chi connectivity index (χ2n) is 8.82. The van der Waals surface area contributed by atoms with Gasteiger partial charge in [0.15, 0.2) is 0 Å². The zero-order valence-corrected chi connectivity index (χ0v) is 20.6. The second-order valence-corrected chi connectivity index (χ2v) is 9.23. The molecule has 1 fully saturated rings. The molecule has 2 heterocycles. The average molecular weight is 504 g/mol. The number of carbonyl (C=O) groups excluding carboxylic acids is 2. The summed E-state index contributed by atoms with van der Waals surface area (Å²) in [5, 5.41) is 11.6. The van der Waals surface area contributed by atoms with E-state index >= 15 is 0 Å². The number of nitrogens with zero attached hydrogens (tertiary/aromatic N) is 3. The molecule has 184 valence electrons. The number of pyridine rings is 1. The number of anilines is 1. The van der Waals surface area contributed by atoms with Crippen molar-refractivity contribution in [1.29, 1.82) is 0 Å². The summed E-state index contributed by atoms with van der Waals surface area (Å²) in [5.41, 5.74) is 3.37. The maximum absolute atomic E-state index is 13.2. The van der Waals surface area contributed by atoms with E-state index in [4.69, 9.17) is 16.3 Å². The number of halogens is 1. The van der Waals surface area contributed by atoms with Gasteiger partial charge in [-0.25, -0.2) is 9.67 Å². The molecule has 0 saturated heterocycles. The minimum Gasteiger partial charge on any atom is -0.481 e. The minimum absolute atomic E-state index is 0.0731. The Morgan fingerprint density at radius 3 is 2.78 bits per heavy atom. The average Bonchev–Trinajstić information content (AvgIpc) is 3.59. The van der Waals surface area contributed by atoms with Gasteiger partial charge in [0, 0.05) is 30.1 Å². The van der Waals surface area contributed by atoms with Crippen LogP contribution in [0.25, 0.3) is 16.6 Å². The maximum atomic E-state index is 13.2. The number of amides is 2. The van der Waals surface area contributed by atoms with E-state index in [1.807, 2.05) is 30.3 Å². The van der Waals surface area contributed by atoms with Crippen LogP contribution in [0.15, 0.2) is 60.9 Å². The van der Waals surface area contributed by atoms with Crippen molar-refractivity contribution in [2.24, 2.45) is 5.92 Å². The number of ether oxygens (including phenoxy) is 1. The van der Waals surface area contributed by atoms with Gasteiger partial charge in [0.2, 0.25) is 11.8 Å². The van der Waals surface area contributed by atoms with E-state index in [1.165, 1.54) is 0 Å². The van der Waals surface area contributed by atoms with Crippen molar-refractivity contribution in [3.05, 3.63) is 77.1 Å². The monoisotopic (exact) mass is 503 g/mol. The first-order chi connectivity index (χ1) is 17.5. The third-order valence-corrected chi connectivity index (χ3v) is 6.83. The molecule has 4 aromatic rings. The van der Waals surface area contributed by atoms with Gasteiger partial charge in [-0.2, -0.15) is 5.10 Å². The van der Waals surface area contributed by atoms with E-state index in [0.717, 1.165) is 47.8 Å². The SMILES string of the molecule is COc1cc(-n2ncc3c(NC(=O)c4cc(CNC(=O)C5CCCC5)ccc4Cl)cccc32)ccn1. The first-order valence-electron chi connectivity index (χ1n) is 11.9. The van der Waals surface area contributed by atoms with E-state index in [9.17, 15) is 9.59 Å². The molecule has 2 amide bonds. The Balaban J connectivity index is 1.35. The Morgan fingerprint density at radius 1 is 1.14 bits per heavy atom. The molecule has 9 heteroatoms. The standard InChI is InChI=1S/C27H26ClN5O3/c1-36-25-14-19(11-12-29-25)33-24-8-4-7-23(21(24)16-31-33)32-27(35)20-13-17(9-10-22(20)28)15-30-26(34)18-5-2-3-6-18/h4,7-14,16,18H,2-3,5-6,15H2,1H3,(H,30,34)(H,32,35). The molecule has 0 unspecified atom stereocenters. The van der Waals surface area contributed by atoms with Crippen molar-refractivity contribution in [3.63, 3.8) is 0 Å². The minimum atomic E-state index is -0.338. The van der Waals surface area contributed by atoms with Crippen molar-refractivity contribution in [2.45, 2.75) is 32.2 Å². The molecular weight excluding hydrogens is 478 g/mol. The Labute approximate surface area is 213 Å². The molecule has 8 nitrogen and oxygen atoms in total. The Hall–Kier alpha value is -3.91. The van der Waals surface area contributed by atoms with Gasteiger partial charge in [0.1, 0.15) is 0 Å². The maximum Gasteiger partial charge on any atom is 0.257 e. The highest BCUT2D eigenvalue weighted by molar-refractivity contribution is 6.34. The smallest absolute Gasteiger partial charge is 0.257 e. The molecule has 36 heavy (non-hydrogen) atoms. The molecule has 5 rings (SSSR count). The van der Waals surface area contributed by atoms with Gasteiger partial charge in [-0.15, -0.1) is 0 Å². The number of benzene rings is 2. The summed E-state index contributed by atoms with van der Waals surface area (Å²) in [6, 6.07) is 14.4. The van der Waals surface area contributed by atoms with Crippen LogP contribution in [0.3, 0.4) is 0 Å². The van der Waals surface area contributed by atoms with Crippen molar-refractivity contribution >= 4 is 40.0 Å². The van der Waals surface area contributed by atoms with E-state index in [2.05, 4.69) is 20.7 Å². The zero-order valence-electron chi connectivity index (χ0n) is 19.8. The summed E-state index contributed by atoms with van der Waals surface area (Å²) >= 11 is 6.37. The van der Waals surface area contributed by atoms with Crippen molar-refractivity contribution < 1.29 is 14.3 Å². The molecule has 0 aliphatic heterocycles. The van der Waals surface area contributed by atoms with E-state index < -0.39 is 0 Å². The lowest BCUT2D eigenvalue weighted by molar-refractivity contribution is -0.124. The molecule has 0 spiro atoms. The summed E-state index contributed by atoms with van der Waals surface area (Å²) in [7, 11) is 1.56. The molecule has 0 bridgehead atoms. The van der Waals surface area contributed by atoms with Gasteiger partial charge in [-0.05, 0) is 48.7 Å². The van der Waals surface area contributed by atoms with Crippen molar-refractivity contribution in [2.75, 3.05) is 12.4 Å². The fourth-order valence-corrected chi connectivity index (χ4v) is 4.78. The molecule has 1 aliphatic carbocycles. The van der Waals surface area contributed by atoms with E-state index in [1.54, 1.807) is 42.4 Å². The number of aromatic nitrogens is 3. The van der Waals surface area contributed by atoms with Crippen LogP contribution in [-0.2, 0) is 11.3 Å². The summed E-state index contributed by atoms with van der Waals surface area (Å²) < 4.78 is 6.98. The lowest BCUT2D eigenvalue weighted by Crippen LogP contribution is -2.28. The highest BCUT2D eigenvalue weighted by atomic mass is 35.5. The summed E-state index contributed by atoms with van der Waals surface area (Å²) in [6.07, 6.45) is 7.44. The van der Waals surface area contributed by atoms with Crippen LogP contribution in [0.4, 0.5) is 5.69 Å². The van der Waals surface area contributed by atoms with Gasteiger partial charge in [-0.1, -0.05) is 36.6 Å². The first-order valence-corrected chi connectivity index (χ1v) is 12.3. The molecule has 2 aromatic heterocycles. The highest BCUT2D eigenvalue weighted by Gasteiger charge is 2.22. The van der Waals surface area contributed by atoms with Gasteiger partial charge in [0.25, 0.3) is 5.91 Å². The third kappa shape index (κ3) is 4.90. The van der Waals surface area contributed by atoms with Crippen LogP contribution in [0, 0.1) is 5.92 Å². The number of hydrogen-bond acceptors (Lipinski definition) is 5. The number of nitrogens with one attached hydrogen (secondary N) is 2. The number of carbonyl (C=O) groups is 2. The number of methoxy groups -OCH3 is 1. The summed E-state index contributed by atoms with van der Waals surface area (Å²) in [4.78, 5) is 29.7. The molecule has 1 saturated carbocycles. The summed E-state index contributed by atoms with van der Waals surface area (Å²) in [6.45, 7) is 0.352. The van der Waals surface area contributed by atoms with Gasteiger partial charge >= 0.3 is 0 Å². The van der Waals surface area contributed by atoms with Crippen LogP contribution in [-0.4, -0.2) is 33.7 Å². The fourth-order valence-electron chi connectivity index (χ4n) is 4.58.